The van der Waals surface area contributed by atoms with Gasteiger partial charge in [0.25, 0.3) is 11.6 Å². The van der Waals surface area contributed by atoms with Crippen LogP contribution in [0.2, 0.25) is 0 Å². The molecule has 2 N–H and O–H groups in total. The van der Waals surface area contributed by atoms with Gasteiger partial charge in [0.1, 0.15) is 0 Å². The minimum Gasteiger partial charge on any atom is -0.336 e. The van der Waals surface area contributed by atoms with E-state index in [4.69, 9.17) is 5.73 Å². The van der Waals surface area contributed by atoms with Crippen molar-refractivity contribution in [2.45, 2.75) is 32.2 Å². The average Bonchev–Trinajstić information content (AvgIpc) is 2.96. The number of amides is 1. The lowest BCUT2D eigenvalue weighted by atomic mass is 10.0. The highest BCUT2D eigenvalue weighted by Gasteiger charge is 2.33. The number of nitro groups is 1. The topological polar surface area (TPSA) is 89.5 Å². The lowest BCUT2D eigenvalue weighted by Crippen LogP contribution is -2.44. The summed E-state index contributed by atoms with van der Waals surface area (Å²) >= 11 is 0. The molecule has 1 aromatic rings. The smallest absolute Gasteiger partial charge is 0.270 e. The number of hydrogen-bond donors (Lipinski definition) is 1. The second-order valence-corrected chi connectivity index (χ2v) is 5.39. The first-order chi connectivity index (χ1) is 10.1. The monoisotopic (exact) mass is 291 g/mol. The van der Waals surface area contributed by atoms with Gasteiger partial charge in [-0.2, -0.15) is 0 Å². The van der Waals surface area contributed by atoms with Crippen LogP contribution in [0.25, 0.3) is 0 Å². The molecule has 6 nitrogen and oxygen atoms in total. The number of benzene rings is 1. The molecular formula is C15H21N3O3. The highest BCUT2D eigenvalue weighted by molar-refractivity contribution is 5.95. The van der Waals surface area contributed by atoms with Crippen LogP contribution < -0.4 is 5.73 Å². The highest BCUT2D eigenvalue weighted by Crippen LogP contribution is 2.30. The average molecular weight is 291 g/mol. The van der Waals surface area contributed by atoms with Crippen LogP contribution in [0.3, 0.4) is 0 Å². The third kappa shape index (κ3) is 3.21. The molecule has 21 heavy (non-hydrogen) atoms. The number of carbonyl (C=O) groups is 1. The molecule has 0 bridgehead atoms. The zero-order chi connectivity index (χ0) is 15.4. The van der Waals surface area contributed by atoms with E-state index in [9.17, 15) is 14.9 Å². The Bertz CT molecular complexity index is 533. The predicted molar refractivity (Wildman–Crippen MR) is 80.0 cm³/mol. The van der Waals surface area contributed by atoms with Gasteiger partial charge < -0.3 is 10.6 Å². The van der Waals surface area contributed by atoms with Crippen molar-refractivity contribution in [3.05, 3.63) is 39.9 Å². The predicted octanol–water partition coefficient (Wildman–Crippen LogP) is 2.18. The van der Waals surface area contributed by atoms with Gasteiger partial charge >= 0.3 is 0 Å². The summed E-state index contributed by atoms with van der Waals surface area (Å²) in [6.07, 6.45) is 3.07. The summed E-state index contributed by atoms with van der Waals surface area (Å²) in [6, 6.07) is 6.06. The summed E-state index contributed by atoms with van der Waals surface area (Å²) in [5.41, 5.74) is 6.10. The molecule has 1 aliphatic carbocycles. The molecule has 2 unspecified atom stereocenters. The van der Waals surface area contributed by atoms with E-state index in [2.05, 4.69) is 0 Å². The van der Waals surface area contributed by atoms with Gasteiger partial charge in [-0.25, -0.2) is 0 Å². The van der Waals surface area contributed by atoms with Crippen molar-refractivity contribution in [1.82, 2.24) is 4.90 Å². The number of nitrogens with zero attached hydrogens (tertiary/aromatic N) is 2. The van der Waals surface area contributed by atoms with Crippen molar-refractivity contribution >= 4 is 11.6 Å². The highest BCUT2D eigenvalue weighted by atomic mass is 16.6. The van der Waals surface area contributed by atoms with Crippen LogP contribution in [0.4, 0.5) is 5.69 Å². The second kappa shape index (κ2) is 6.67. The van der Waals surface area contributed by atoms with Crippen LogP contribution in [-0.4, -0.2) is 34.9 Å². The van der Waals surface area contributed by atoms with Crippen LogP contribution in [0.15, 0.2) is 24.3 Å². The number of nitro benzene ring substituents is 1. The number of non-ortho nitro benzene ring substituents is 1. The summed E-state index contributed by atoms with van der Waals surface area (Å²) in [5, 5.41) is 10.8. The molecule has 1 amide bonds. The Morgan fingerprint density at radius 1 is 1.48 bits per heavy atom. The summed E-state index contributed by atoms with van der Waals surface area (Å²) in [4.78, 5) is 24.8. The van der Waals surface area contributed by atoms with Crippen molar-refractivity contribution < 1.29 is 9.72 Å². The number of rotatable bonds is 5. The lowest BCUT2D eigenvalue weighted by molar-refractivity contribution is -0.384. The fourth-order valence-electron chi connectivity index (χ4n) is 3.15. The SMILES string of the molecule is CCN(C(=O)c1cccc([N+](=O)[O-])c1)C1CCCC1CN. The molecule has 6 heteroatoms. The first-order valence-electron chi connectivity index (χ1n) is 7.34. The maximum atomic E-state index is 12.7. The normalized spacial score (nSPS) is 21.2. The van der Waals surface area contributed by atoms with E-state index >= 15 is 0 Å². The van der Waals surface area contributed by atoms with Crippen molar-refractivity contribution in [1.29, 1.82) is 0 Å². The number of nitrogens with two attached hydrogens (primary N) is 1. The van der Waals surface area contributed by atoms with Gasteiger partial charge in [0.2, 0.25) is 0 Å². The molecule has 0 aliphatic heterocycles. The summed E-state index contributed by atoms with van der Waals surface area (Å²) in [5.74, 6) is 0.180. The second-order valence-electron chi connectivity index (χ2n) is 5.39. The van der Waals surface area contributed by atoms with E-state index in [1.807, 2.05) is 11.8 Å². The first-order valence-corrected chi connectivity index (χ1v) is 7.34. The van der Waals surface area contributed by atoms with Gasteiger partial charge in [-0.05, 0) is 38.3 Å². The van der Waals surface area contributed by atoms with Gasteiger partial charge in [0.05, 0.1) is 4.92 Å². The minimum atomic E-state index is -0.481. The van der Waals surface area contributed by atoms with Crippen molar-refractivity contribution in [3.63, 3.8) is 0 Å². The molecule has 0 heterocycles. The molecule has 0 spiro atoms. The van der Waals surface area contributed by atoms with Crippen LogP contribution in [0, 0.1) is 16.0 Å². The van der Waals surface area contributed by atoms with Crippen LogP contribution in [0.5, 0.6) is 0 Å². The van der Waals surface area contributed by atoms with Crippen LogP contribution >= 0.6 is 0 Å². The molecule has 2 rings (SSSR count). The molecule has 2 atom stereocenters. The third-order valence-electron chi connectivity index (χ3n) is 4.23. The zero-order valence-corrected chi connectivity index (χ0v) is 12.2. The van der Waals surface area contributed by atoms with E-state index in [0.29, 0.717) is 24.6 Å². The molecule has 0 aromatic heterocycles. The van der Waals surface area contributed by atoms with Gasteiger partial charge in [-0.1, -0.05) is 12.5 Å². The molecule has 1 saturated carbocycles. The fourth-order valence-corrected chi connectivity index (χ4v) is 3.15. The van der Waals surface area contributed by atoms with Gasteiger partial charge in [-0.3, -0.25) is 14.9 Å². The number of carbonyl (C=O) groups excluding carboxylic acids is 1. The van der Waals surface area contributed by atoms with E-state index in [-0.39, 0.29) is 17.6 Å². The van der Waals surface area contributed by atoms with E-state index in [0.717, 1.165) is 19.3 Å². The van der Waals surface area contributed by atoms with Gasteiger partial charge in [0.15, 0.2) is 0 Å². The Kier molecular flexibility index (Phi) is 4.90. The Hall–Kier alpha value is -1.95. The van der Waals surface area contributed by atoms with E-state index in [1.54, 1.807) is 12.1 Å². The molecule has 0 radical (unpaired) electrons. The fraction of sp³-hybridized carbons (Fsp3) is 0.533. The molecule has 1 fully saturated rings. The molecule has 1 aromatic carbocycles. The van der Waals surface area contributed by atoms with Crippen LogP contribution in [0.1, 0.15) is 36.5 Å². The van der Waals surface area contributed by atoms with Crippen LogP contribution in [-0.2, 0) is 0 Å². The van der Waals surface area contributed by atoms with Gasteiger partial charge in [0, 0.05) is 30.3 Å². The van der Waals surface area contributed by atoms with Crippen molar-refractivity contribution in [2.24, 2.45) is 11.7 Å². The Morgan fingerprint density at radius 2 is 2.24 bits per heavy atom. The van der Waals surface area contributed by atoms with E-state index < -0.39 is 4.92 Å². The largest absolute Gasteiger partial charge is 0.336 e. The Morgan fingerprint density at radius 3 is 2.86 bits per heavy atom. The standard InChI is InChI=1S/C15H21N3O3/c1-2-17(14-8-4-6-12(14)10-16)15(19)11-5-3-7-13(9-11)18(20)21/h3,5,7,9,12,14H,2,4,6,8,10,16H2,1H3. The summed E-state index contributed by atoms with van der Waals surface area (Å²) < 4.78 is 0. The maximum Gasteiger partial charge on any atom is 0.270 e. The molecular weight excluding hydrogens is 270 g/mol. The quantitative estimate of drug-likeness (QED) is 0.665. The Balaban J connectivity index is 2.24. The zero-order valence-electron chi connectivity index (χ0n) is 12.2. The van der Waals surface area contributed by atoms with Crippen molar-refractivity contribution in [3.8, 4) is 0 Å². The number of hydrogen-bond acceptors (Lipinski definition) is 4. The lowest BCUT2D eigenvalue weighted by Gasteiger charge is -2.32. The van der Waals surface area contributed by atoms with E-state index in [1.165, 1.54) is 12.1 Å². The van der Waals surface area contributed by atoms with Crippen molar-refractivity contribution in [2.75, 3.05) is 13.1 Å². The maximum absolute atomic E-state index is 12.7. The molecule has 0 saturated heterocycles. The first kappa shape index (κ1) is 15.4. The Labute approximate surface area is 124 Å². The third-order valence-corrected chi connectivity index (χ3v) is 4.23. The summed E-state index contributed by atoms with van der Waals surface area (Å²) in [7, 11) is 0. The molecule has 1 aliphatic rings. The molecule has 114 valence electrons. The van der Waals surface area contributed by atoms with Gasteiger partial charge in [-0.15, -0.1) is 0 Å². The minimum absolute atomic E-state index is 0.0568. The summed E-state index contributed by atoms with van der Waals surface area (Å²) in [6.45, 7) is 3.09.